The molecule has 134 valence electrons. The van der Waals surface area contributed by atoms with E-state index >= 15 is 0 Å². The Morgan fingerprint density at radius 2 is 1.60 bits per heavy atom. The SMILES string of the molecule is Cc1ccc(Cl)cc1S(=O)(=O)Nc1ccc(S(=O)(=O)NC2CC2)cc1. The molecule has 2 aromatic carbocycles. The molecule has 3 rings (SSSR count). The third kappa shape index (κ3) is 4.33. The van der Waals surface area contributed by atoms with Crippen molar-refractivity contribution >= 4 is 37.3 Å². The Bertz CT molecular complexity index is 999. The Morgan fingerprint density at radius 1 is 0.960 bits per heavy atom. The molecule has 0 unspecified atom stereocenters. The number of nitrogens with one attached hydrogen (secondary N) is 2. The lowest BCUT2D eigenvalue weighted by Crippen LogP contribution is -2.25. The molecule has 25 heavy (non-hydrogen) atoms. The minimum atomic E-state index is -3.82. The van der Waals surface area contributed by atoms with Crippen LogP contribution in [0.15, 0.2) is 52.3 Å². The molecule has 1 aliphatic carbocycles. The molecule has 1 fully saturated rings. The number of aryl methyl sites for hydroxylation is 1. The Labute approximate surface area is 152 Å². The van der Waals surface area contributed by atoms with Gasteiger partial charge in [0.25, 0.3) is 10.0 Å². The van der Waals surface area contributed by atoms with E-state index in [9.17, 15) is 16.8 Å². The van der Waals surface area contributed by atoms with Crippen LogP contribution in [-0.4, -0.2) is 22.9 Å². The van der Waals surface area contributed by atoms with E-state index in [1.807, 2.05) is 0 Å². The zero-order valence-corrected chi connectivity index (χ0v) is 15.7. The molecule has 0 atom stereocenters. The molecule has 0 spiro atoms. The quantitative estimate of drug-likeness (QED) is 0.779. The van der Waals surface area contributed by atoms with Crippen molar-refractivity contribution in [1.29, 1.82) is 0 Å². The van der Waals surface area contributed by atoms with Gasteiger partial charge in [-0.1, -0.05) is 17.7 Å². The van der Waals surface area contributed by atoms with Crippen LogP contribution < -0.4 is 9.44 Å². The van der Waals surface area contributed by atoms with Crippen molar-refractivity contribution in [2.45, 2.75) is 35.6 Å². The van der Waals surface area contributed by atoms with Crippen molar-refractivity contribution in [1.82, 2.24) is 4.72 Å². The normalized spacial score (nSPS) is 15.1. The second-order valence-electron chi connectivity index (χ2n) is 5.94. The molecule has 1 saturated carbocycles. The lowest BCUT2D eigenvalue weighted by Gasteiger charge is -2.11. The molecule has 9 heteroatoms. The number of hydrogen-bond acceptors (Lipinski definition) is 4. The number of rotatable bonds is 6. The van der Waals surface area contributed by atoms with Gasteiger partial charge in [0.1, 0.15) is 0 Å². The zero-order chi connectivity index (χ0) is 18.2. The molecule has 0 aliphatic heterocycles. The molecule has 0 radical (unpaired) electrons. The van der Waals surface area contributed by atoms with Crippen LogP contribution in [0.2, 0.25) is 5.02 Å². The molecule has 0 saturated heterocycles. The summed E-state index contributed by atoms with van der Waals surface area (Å²) in [4.78, 5) is 0.174. The van der Waals surface area contributed by atoms with E-state index in [4.69, 9.17) is 11.6 Å². The van der Waals surface area contributed by atoms with Crippen LogP contribution in [0.4, 0.5) is 5.69 Å². The van der Waals surface area contributed by atoms with Crippen molar-refractivity contribution in [2.75, 3.05) is 4.72 Å². The van der Waals surface area contributed by atoms with E-state index in [-0.39, 0.29) is 21.5 Å². The molecule has 0 amide bonds. The van der Waals surface area contributed by atoms with Crippen molar-refractivity contribution in [3.05, 3.63) is 53.1 Å². The van der Waals surface area contributed by atoms with Gasteiger partial charge >= 0.3 is 0 Å². The van der Waals surface area contributed by atoms with Gasteiger partial charge in [-0.2, -0.15) is 0 Å². The van der Waals surface area contributed by atoms with Gasteiger partial charge in [0, 0.05) is 16.8 Å². The van der Waals surface area contributed by atoms with Crippen LogP contribution in [0.3, 0.4) is 0 Å². The Kier molecular flexibility index (Phi) is 4.80. The summed E-state index contributed by atoms with van der Waals surface area (Å²) < 4.78 is 54.3. The van der Waals surface area contributed by atoms with Gasteiger partial charge in [-0.15, -0.1) is 0 Å². The van der Waals surface area contributed by atoms with Crippen LogP contribution >= 0.6 is 11.6 Å². The number of anilines is 1. The maximum Gasteiger partial charge on any atom is 0.262 e. The van der Waals surface area contributed by atoms with E-state index in [0.29, 0.717) is 10.6 Å². The fourth-order valence-electron chi connectivity index (χ4n) is 2.26. The Morgan fingerprint density at radius 3 is 2.20 bits per heavy atom. The summed E-state index contributed by atoms with van der Waals surface area (Å²) in [5.74, 6) is 0. The summed E-state index contributed by atoms with van der Waals surface area (Å²) in [6.07, 6.45) is 1.69. The standard InChI is InChI=1S/C16H17ClN2O4S2/c1-11-2-3-12(17)10-16(11)25(22,23)19-14-6-8-15(9-7-14)24(20,21)18-13-4-5-13/h2-3,6-10,13,18-19H,4-5H2,1H3. The highest BCUT2D eigenvalue weighted by Gasteiger charge is 2.28. The van der Waals surface area contributed by atoms with Crippen molar-refractivity contribution < 1.29 is 16.8 Å². The monoisotopic (exact) mass is 400 g/mol. The molecule has 2 aromatic rings. The van der Waals surface area contributed by atoms with Crippen LogP contribution in [0.25, 0.3) is 0 Å². The highest BCUT2D eigenvalue weighted by atomic mass is 35.5. The average Bonchev–Trinajstić information content (AvgIpc) is 3.33. The molecular formula is C16H17ClN2O4S2. The van der Waals surface area contributed by atoms with Gasteiger partial charge in [0.15, 0.2) is 0 Å². The number of benzene rings is 2. The number of sulfonamides is 2. The van der Waals surface area contributed by atoms with Gasteiger partial charge in [0.05, 0.1) is 9.79 Å². The third-order valence-corrected chi connectivity index (χ3v) is 7.05. The van der Waals surface area contributed by atoms with Crippen LogP contribution in [0.1, 0.15) is 18.4 Å². The van der Waals surface area contributed by atoms with Gasteiger partial charge in [-0.05, 0) is 61.7 Å². The lowest BCUT2D eigenvalue weighted by atomic mass is 10.2. The average molecular weight is 401 g/mol. The Balaban J connectivity index is 1.82. The molecule has 6 nitrogen and oxygen atoms in total. The first kappa shape index (κ1) is 18.2. The third-order valence-electron chi connectivity index (χ3n) is 3.76. The predicted molar refractivity (Wildman–Crippen MR) is 96.8 cm³/mol. The van der Waals surface area contributed by atoms with Crippen molar-refractivity contribution in [3.63, 3.8) is 0 Å². The van der Waals surface area contributed by atoms with E-state index in [2.05, 4.69) is 9.44 Å². The van der Waals surface area contributed by atoms with E-state index in [1.54, 1.807) is 19.1 Å². The molecular weight excluding hydrogens is 384 g/mol. The summed E-state index contributed by atoms with van der Waals surface area (Å²) in [5, 5.41) is 0.318. The first-order valence-electron chi connectivity index (χ1n) is 7.59. The minimum Gasteiger partial charge on any atom is -0.280 e. The molecule has 0 bridgehead atoms. The van der Waals surface area contributed by atoms with E-state index < -0.39 is 20.0 Å². The largest absolute Gasteiger partial charge is 0.280 e. The molecule has 0 aromatic heterocycles. The predicted octanol–water partition coefficient (Wildman–Crippen LogP) is 2.89. The van der Waals surface area contributed by atoms with Crippen LogP contribution in [0.5, 0.6) is 0 Å². The van der Waals surface area contributed by atoms with Gasteiger partial charge in [-0.25, -0.2) is 21.6 Å². The summed E-state index contributed by atoms with van der Waals surface area (Å²) in [6, 6.07) is 10.2. The number of halogens is 1. The number of hydrogen-bond donors (Lipinski definition) is 2. The van der Waals surface area contributed by atoms with Gasteiger partial charge in [-0.3, -0.25) is 4.72 Å². The summed E-state index contributed by atoms with van der Waals surface area (Å²) in [6.45, 7) is 1.67. The summed E-state index contributed by atoms with van der Waals surface area (Å²) in [5.41, 5.74) is 0.828. The first-order valence-corrected chi connectivity index (χ1v) is 10.9. The minimum absolute atomic E-state index is 0.00832. The van der Waals surface area contributed by atoms with Crippen LogP contribution in [0, 0.1) is 6.92 Å². The van der Waals surface area contributed by atoms with Gasteiger partial charge < -0.3 is 0 Å². The lowest BCUT2D eigenvalue weighted by molar-refractivity contribution is 0.581. The molecule has 1 aliphatic rings. The fourth-order valence-corrected chi connectivity index (χ4v) is 5.14. The maximum atomic E-state index is 12.5. The van der Waals surface area contributed by atoms with Gasteiger partial charge in [0.2, 0.25) is 10.0 Å². The van der Waals surface area contributed by atoms with Crippen molar-refractivity contribution in [3.8, 4) is 0 Å². The maximum absolute atomic E-state index is 12.5. The molecule has 0 heterocycles. The van der Waals surface area contributed by atoms with E-state index in [0.717, 1.165) is 12.8 Å². The summed E-state index contributed by atoms with van der Waals surface area (Å²) >= 11 is 5.88. The second-order valence-corrected chi connectivity index (χ2v) is 9.74. The topological polar surface area (TPSA) is 92.3 Å². The van der Waals surface area contributed by atoms with Crippen LogP contribution in [-0.2, 0) is 20.0 Å². The highest BCUT2D eigenvalue weighted by Crippen LogP contribution is 2.25. The molecule has 2 N–H and O–H groups in total. The smallest absolute Gasteiger partial charge is 0.262 e. The Hall–Kier alpha value is -1.61. The van der Waals surface area contributed by atoms with Crippen molar-refractivity contribution in [2.24, 2.45) is 0 Å². The second kappa shape index (κ2) is 6.60. The van der Waals surface area contributed by atoms with E-state index in [1.165, 1.54) is 30.3 Å². The first-order chi connectivity index (χ1) is 11.7. The summed E-state index contributed by atoms with van der Waals surface area (Å²) in [7, 11) is -7.39. The fraction of sp³-hybridized carbons (Fsp3) is 0.250. The zero-order valence-electron chi connectivity index (χ0n) is 13.4. The highest BCUT2D eigenvalue weighted by molar-refractivity contribution is 7.92.